The molecule has 1 heterocycles. The van der Waals surface area contributed by atoms with Gasteiger partial charge in [0.25, 0.3) is 0 Å². The Balaban J connectivity index is 1.89. The number of carbonyl (C=O) groups is 2. The maximum atomic E-state index is 12.1. The SMILES string of the molecule is Cc1ccc(S(=O)(=O)NCC(=O)N2CCC(C(=O)O)CC2)cc1. The Hall–Kier alpha value is -1.93. The van der Waals surface area contributed by atoms with E-state index in [1.807, 2.05) is 6.92 Å². The fourth-order valence-corrected chi connectivity index (χ4v) is 3.42. The highest BCUT2D eigenvalue weighted by Crippen LogP contribution is 2.17. The van der Waals surface area contributed by atoms with Crippen LogP contribution in [0.5, 0.6) is 0 Å². The molecule has 8 heteroatoms. The summed E-state index contributed by atoms with van der Waals surface area (Å²) in [6.07, 6.45) is 0.789. The molecular weight excluding hydrogens is 320 g/mol. The van der Waals surface area contributed by atoms with Crippen LogP contribution in [0.1, 0.15) is 18.4 Å². The zero-order chi connectivity index (χ0) is 17.0. The highest BCUT2D eigenvalue weighted by atomic mass is 32.2. The number of aryl methyl sites for hydroxylation is 1. The van der Waals surface area contributed by atoms with E-state index >= 15 is 0 Å². The van der Waals surface area contributed by atoms with E-state index in [1.54, 1.807) is 12.1 Å². The zero-order valence-corrected chi connectivity index (χ0v) is 13.7. The molecule has 1 saturated heterocycles. The van der Waals surface area contributed by atoms with Gasteiger partial charge in [-0.15, -0.1) is 0 Å². The molecule has 2 rings (SSSR count). The second kappa shape index (κ2) is 7.10. The van der Waals surface area contributed by atoms with E-state index < -0.39 is 21.9 Å². The van der Waals surface area contributed by atoms with Crippen molar-refractivity contribution >= 4 is 21.9 Å². The van der Waals surface area contributed by atoms with Gasteiger partial charge in [-0.3, -0.25) is 9.59 Å². The molecule has 23 heavy (non-hydrogen) atoms. The van der Waals surface area contributed by atoms with Gasteiger partial charge < -0.3 is 10.0 Å². The van der Waals surface area contributed by atoms with Gasteiger partial charge in [-0.05, 0) is 31.9 Å². The van der Waals surface area contributed by atoms with E-state index in [1.165, 1.54) is 17.0 Å². The van der Waals surface area contributed by atoms with Crippen LogP contribution in [0, 0.1) is 12.8 Å². The molecule has 0 saturated carbocycles. The second-order valence-electron chi connectivity index (χ2n) is 5.63. The number of rotatable bonds is 5. The molecule has 0 aromatic heterocycles. The minimum atomic E-state index is -3.73. The molecule has 0 unspecified atom stereocenters. The molecule has 1 aliphatic heterocycles. The first-order valence-electron chi connectivity index (χ1n) is 7.36. The van der Waals surface area contributed by atoms with Crippen LogP contribution in [0.2, 0.25) is 0 Å². The molecule has 1 amide bonds. The first kappa shape index (κ1) is 17.4. The number of nitrogens with zero attached hydrogens (tertiary/aromatic N) is 1. The van der Waals surface area contributed by atoms with Crippen molar-refractivity contribution in [2.24, 2.45) is 5.92 Å². The van der Waals surface area contributed by atoms with Gasteiger partial charge in [-0.1, -0.05) is 17.7 Å². The van der Waals surface area contributed by atoms with E-state index in [9.17, 15) is 18.0 Å². The number of benzene rings is 1. The summed E-state index contributed by atoms with van der Waals surface area (Å²) >= 11 is 0. The summed E-state index contributed by atoms with van der Waals surface area (Å²) in [5.41, 5.74) is 0.946. The first-order valence-corrected chi connectivity index (χ1v) is 8.85. The number of carboxylic acid groups (broad SMARTS) is 1. The molecule has 1 aromatic rings. The first-order chi connectivity index (χ1) is 10.8. The summed E-state index contributed by atoms with van der Waals surface area (Å²) in [4.78, 5) is 24.5. The van der Waals surface area contributed by atoms with Gasteiger partial charge in [0.15, 0.2) is 0 Å². The monoisotopic (exact) mass is 340 g/mol. The Morgan fingerprint density at radius 2 is 1.78 bits per heavy atom. The average Bonchev–Trinajstić information content (AvgIpc) is 2.53. The number of carbonyl (C=O) groups excluding carboxylic acids is 1. The second-order valence-corrected chi connectivity index (χ2v) is 7.40. The van der Waals surface area contributed by atoms with Crippen LogP contribution in [0.4, 0.5) is 0 Å². The van der Waals surface area contributed by atoms with Crippen LogP contribution in [0.25, 0.3) is 0 Å². The molecule has 0 aliphatic carbocycles. The Labute approximate surface area is 135 Å². The minimum Gasteiger partial charge on any atom is -0.481 e. The Morgan fingerprint density at radius 1 is 1.22 bits per heavy atom. The summed E-state index contributed by atoms with van der Waals surface area (Å²) in [5, 5.41) is 8.92. The Kier molecular flexibility index (Phi) is 5.38. The molecule has 2 N–H and O–H groups in total. The molecule has 1 aliphatic rings. The summed E-state index contributed by atoms with van der Waals surface area (Å²) in [7, 11) is -3.73. The number of piperidine rings is 1. The molecule has 0 spiro atoms. The Morgan fingerprint density at radius 3 is 2.30 bits per heavy atom. The molecule has 7 nitrogen and oxygen atoms in total. The predicted octanol–water partition coefficient (Wildman–Crippen LogP) is 0.597. The van der Waals surface area contributed by atoms with Gasteiger partial charge in [0.05, 0.1) is 17.4 Å². The van der Waals surface area contributed by atoms with Crippen LogP contribution in [0.3, 0.4) is 0 Å². The van der Waals surface area contributed by atoms with E-state index in [0.29, 0.717) is 25.9 Å². The number of aliphatic carboxylic acids is 1. The van der Waals surface area contributed by atoms with Crippen LogP contribution in [-0.4, -0.2) is 49.9 Å². The predicted molar refractivity (Wildman–Crippen MR) is 83.3 cm³/mol. The standard InChI is InChI=1S/C15H20N2O5S/c1-11-2-4-13(5-3-11)23(21,22)16-10-14(18)17-8-6-12(7-9-17)15(19)20/h2-5,12,16H,6-10H2,1H3,(H,19,20). The van der Waals surface area contributed by atoms with Crippen LogP contribution in [0.15, 0.2) is 29.2 Å². The number of hydrogen-bond acceptors (Lipinski definition) is 4. The Bertz CT molecular complexity index is 676. The highest BCUT2D eigenvalue weighted by molar-refractivity contribution is 7.89. The van der Waals surface area contributed by atoms with Crippen molar-refractivity contribution in [2.45, 2.75) is 24.7 Å². The molecule has 1 fully saturated rings. The number of hydrogen-bond donors (Lipinski definition) is 2. The minimum absolute atomic E-state index is 0.112. The number of amides is 1. The van der Waals surface area contributed by atoms with Gasteiger partial charge in [-0.2, -0.15) is 0 Å². The summed E-state index contributed by atoms with van der Waals surface area (Å²) in [6, 6.07) is 6.35. The van der Waals surface area contributed by atoms with Crippen LogP contribution >= 0.6 is 0 Å². The van der Waals surface area contributed by atoms with Crippen molar-refractivity contribution in [2.75, 3.05) is 19.6 Å². The lowest BCUT2D eigenvalue weighted by atomic mass is 9.97. The maximum absolute atomic E-state index is 12.1. The van der Waals surface area contributed by atoms with E-state index in [4.69, 9.17) is 5.11 Å². The van der Waals surface area contributed by atoms with E-state index in [2.05, 4.69) is 4.72 Å². The van der Waals surface area contributed by atoms with Crippen molar-refractivity contribution in [1.29, 1.82) is 0 Å². The lowest BCUT2D eigenvalue weighted by molar-refractivity contribution is -0.145. The van der Waals surface area contributed by atoms with Gasteiger partial charge in [-0.25, -0.2) is 13.1 Å². The van der Waals surface area contributed by atoms with Gasteiger partial charge >= 0.3 is 5.97 Å². The third-order valence-electron chi connectivity index (χ3n) is 3.94. The number of likely N-dealkylation sites (tertiary alicyclic amines) is 1. The normalized spacial score (nSPS) is 16.3. The molecule has 0 bridgehead atoms. The van der Waals surface area contributed by atoms with Crippen LogP contribution in [-0.2, 0) is 19.6 Å². The van der Waals surface area contributed by atoms with E-state index in [0.717, 1.165) is 5.56 Å². The smallest absolute Gasteiger partial charge is 0.306 e. The highest BCUT2D eigenvalue weighted by Gasteiger charge is 2.27. The zero-order valence-electron chi connectivity index (χ0n) is 12.9. The van der Waals surface area contributed by atoms with Crippen molar-refractivity contribution in [1.82, 2.24) is 9.62 Å². The molecule has 0 radical (unpaired) electrons. The largest absolute Gasteiger partial charge is 0.481 e. The summed E-state index contributed by atoms with van der Waals surface area (Å²) < 4.78 is 26.5. The van der Waals surface area contributed by atoms with Crippen LogP contribution < -0.4 is 4.72 Å². The summed E-state index contributed by atoms with van der Waals surface area (Å²) in [6.45, 7) is 2.20. The van der Waals surface area contributed by atoms with E-state index in [-0.39, 0.29) is 17.3 Å². The van der Waals surface area contributed by atoms with Crippen molar-refractivity contribution in [3.8, 4) is 0 Å². The number of carboxylic acids is 1. The maximum Gasteiger partial charge on any atom is 0.306 e. The van der Waals surface area contributed by atoms with Gasteiger partial charge in [0.1, 0.15) is 0 Å². The van der Waals surface area contributed by atoms with Crippen molar-refractivity contribution in [3.05, 3.63) is 29.8 Å². The fraction of sp³-hybridized carbons (Fsp3) is 0.467. The molecule has 0 atom stereocenters. The quantitative estimate of drug-likeness (QED) is 0.817. The van der Waals surface area contributed by atoms with Gasteiger partial charge in [0, 0.05) is 13.1 Å². The molecular formula is C15H20N2O5S. The number of sulfonamides is 1. The number of nitrogens with one attached hydrogen (secondary N) is 1. The van der Waals surface area contributed by atoms with Crippen molar-refractivity contribution < 1.29 is 23.1 Å². The topological polar surface area (TPSA) is 104 Å². The average molecular weight is 340 g/mol. The van der Waals surface area contributed by atoms with Crippen molar-refractivity contribution in [3.63, 3.8) is 0 Å². The summed E-state index contributed by atoms with van der Waals surface area (Å²) in [5.74, 6) is -1.62. The molecule has 1 aromatic carbocycles. The van der Waals surface area contributed by atoms with Gasteiger partial charge in [0.2, 0.25) is 15.9 Å². The third-order valence-corrected chi connectivity index (χ3v) is 5.36. The third kappa shape index (κ3) is 4.52. The fourth-order valence-electron chi connectivity index (χ4n) is 2.45. The molecule has 126 valence electrons. The lowest BCUT2D eigenvalue weighted by Crippen LogP contribution is -2.45. The lowest BCUT2D eigenvalue weighted by Gasteiger charge is -2.30.